The number of fused-ring (bicyclic) bond motifs is 1. The third-order valence-corrected chi connectivity index (χ3v) is 3.50. The van der Waals surface area contributed by atoms with E-state index in [0.717, 1.165) is 18.2 Å². The lowest BCUT2D eigenvalue weighted by Gasteiger charge is -2.04. The number of nitro groups is 1. The Bertz CT molecular complexity index is 1080. The number of nitrogens with one attached hydrogen (secondary N) is 1. The van der Waals surface area contributed by atoms with Crippen LogP contribution in [-0.2, 0) is 6.42 Å². The lowest BCUT2D eigenvalue weighted by Crippen LogP contribution is -2.16. The van der Waals surface area contributed by atoms with Gasteiger partial charge in [-0.1, -0.05) is 12.1 Å². The van der Waals surface area contributed by atoms with Crippen LogP contribution in [-0.4, -0.2) is 20.7 Å². The minimum atomic E-state index is -1.18. The SMILES string of the molecule is O=C(Cc1nc2cc(F)c(F)cc2c(=O)[nH]1)c1cccc([N+](=O)[O-])c1. The zero-order chi connectivity index (χ0) is 18.1. The van der Waals surface area contributed by atoms with Crippen LogP contribution in [0.4, 0.5) is 14.5 Å². The smallest absolute Gasteiger partial charge is 0.270 e. The first-order chi connectivity index (χ1) is 11.8. The van der Waals surface area contributed by atoms with E-state index in [0.29, 0.717) is 0 Å². The topological polar surface area (TPSA) is 106 Å². The fourth-order valence-corrected chi connectivity index (χ4v) is 2.31. The Morgan fingerprint density at radius 3 is 2.64 bits per heavy atom. The van der Waals surface area contributed by atoms with Crippen molar-refractivity contribution in [1.82, 2.24) is 9.97 Å². The normalized spacial score (nSPS) is 10.8. The van der Waals surface area contributed by atoms with E-state index < -0.39 is 27.9 Å². The van der Waals surface area contributed by atoms with E-state index in [-0.39, 0.29) is 34.4 Å². The number of nitro benzene ring substituents is 1. The molecule has 0 fully saturated rings. The summed E-state index contributed by atoms with van der Waals surface area (Å²) in [6, 6.07) is 6.59. The van der Waals surface area contributed by atoms with Crippen molar-refractivity contribution in [1.29, 1.82) is 0 Å². The average molecular weight is 345 g/mol. The molecule has 0 amide bonds. The number of Topliss-reactive ketones (excluding diaryl/α,β-unsaturated/α-hetero) is 1. The van der Waals surface area contributed by atoms with Crippen molar-refractivity contribution in [3.8, 4) is 0 Å². The fraction of sp³-hybridized carbons (Fsp3) is 0.0625. The zero-order valence-electron chi connectivity index (χ0n) is 12.5. The first-order valence-corrected chi connectivity index (χ1v) is 7.01. The Balaban J connectivity index is 1.96. The summed E-state index contributed by atoms with van der Waals surface area (Å²) in [4.78, 5) is 40.6. The molecule has 0 saturated carbocycles. The second-order valence-corrected chi connectivity index (χ2v) is 5.20. The predicted octanol–water partition coefficient (Wildman–Crippen LogP) is 2.53. The number of rotatable bonds is 4. The summed E-state index contributed by atoms with van der Waals surface area (Å²) in [6.45, 7) is 0. The minimum absolute atomic E-state index is 0.0555. The lowest BCUT2D eigenvalue weighted by atomic mass is 10.1. The highest BCUT2D eigenvalue weighted by molar-refractivity contribution is 5.97. The van der Waals surface area contributed by atoms with E-state index in [1.165, 1.54) is 18.2 Å². The molecule has 0 saturated heterocycles. The van der Waals surface area contributed by atoms with Crippen molar-refractivity contribution in [2.75, 3.05) is 0 Å². The molecule has 0 aliphatic carbocycles. The van der Waals surface area contributed by atoms with Gasteiger partial charge in [-0.15, -0.1) is 0 Å². The van der Waals surface area contributed by atoms with Gasteiger partial charge in [0.05, 0.1) is 22.2 Å². The summed E-state index contributed by atoms with van der Waals surface area (Å²) in [5, 5.41) is 10.6. The molecule has 1 heterocycles. The average Bonchev–Trinajstić information content (AvgIpc) is 2.57. The molecule has 9 heteroatoms. The summed E-state index contributed by atoms with van der Waals surface area (Å²) < 4.78 is 26.5. The summed E-state index contributed by atoms with van der Waals surface area (Å²) in [7, 11) is 0. The summed E-state index contributed by atoms with van der Waals surface area (Å²) >= 11 is 0. The van der Waals surface area contributed by atoms with Gasteiger partial charge in [-0.2, -0.15) is 0 Å². The molecule has 0 bridgehead atoms. The summed E-state index contributed by atoms with van der Waals surface area (Å²) in [6.07, 6.45) is -0.356. The van der Waals surface area contributed by atoms with Crippen LogP contribution >= 0.6 is 0 Å². The Hall–Kier alpha value is -3.49. The molecule has 25 heavy (non-hydrogen) atoms. The Labute approximate surface area is 138 Å². The highest BCUT2D eigenvalue weighted by atomic mass is 19.2. The maximum absolute atomic E-state index is 13.3. The molecule has 0 atom stereocenters. The number of benzene rings is 2. The quantitative estimate of drug-likeness (QED) is 0.444. The van der Waals surface area contributed by atoms with E-state index >= 15 is 0 Å². The molecular weight excluding hydrogens is 336 g/mol. The van der Waals surface area contributed by atoms with Crippen LogP contribution in [0.1, 0.15) is 16.2 Å². The third kappa shape index (κ3) is 3.25. The van der Waals surface area contributed by atoms with Gasteiger partial charge in [-0.3, -0.25) is 19.7 Å². The number of aromatic nitrogens is 2. The van der Waals surface area contributed by atoms with E-state index in [9.17, 15) is 28.5 Å². The number of nitrogens with zero attached hydrogens (tertiary/aromatic N) is 2. The maximum atomic E-state index is 13.3. The number of halogens is 2. The van der Waals surface area contributed by atoms with Crippen LogP contribution in [0.5, 0.6) is 0 Å². The van der Waals surface area contributed by atoms with Crippen LogP contribution in [0.2, 0.25) is 0 Å². The van der Waals surface area contributed by atoms with E-state index in [4.69, 9.17) is 0 Å². The molecule has 3 aromatic rings. The van der Waals surface area contributed by atoms with Crippen molar-refractivity contribution >= 4 is 22.4 Å². The van der Waals surface area contributed by atoms with Crippen LogP contribution in [0, 0.1) is 21.7 Å². The van der Waals surface area contributed by atoms with Gasteiger partial charge < -0.3 is 4.98 Å². The molecule has 0 spiro atoms. The second-order valence-electron chi connectivity index (χ2n) is 5.20. The van der Waals surface area contributed by atoms with Gasteiger partial charge in [0.1, 0.15) is 5.82 Å². The van der Waals surface area contributed by atoms with Crippen molar-refractivity contribution in [3.63, 3.8) is 0 Å². The molecule has 2 aromatic carbocycles. The largest absolute Gasteiger partial charge is 0.310 e. The zero-order valence-corrected chi connectivity index (χ0v) is 12.5. The summed E-state index contributed by atoms with van der Waals surface area (Å²) in [5.74, 6) is -2.92. The molecule has 1 aromatic heterocycles. The van der Waals surface area contributed by atoms with Crippen molar-refractivity contribution in [3.05, 3.63) is 79.9 Å². The monoisotopic (exact) mass is 345 g/mol. The molecule has 0 unspecified atom stereocenters. The highest BCUT2D eigenvalue weighted by Crippen LogP contribution is 2.16. The van der Waals surface area contributed by atoms with Gasteiger partial charge >= 0.3 is 0 Å². The van der Waals surface area contributed by atoms with Crippen molar-refractivity contribution in [2.45, 2.75) is 6.42 Å². The standard InChI is InChI=1S/C16H9F2N3O4/c17-11-5-10-13(6-12(11)18)19-15(20-16(10)23)7-14(22)8-2-1-3-9(4-8)21(24)25/h1-6H,7H2,(H,19,20,23). The van der Waals surface area contributed by atoms with Crippen LogP contribution in [0.3, 0.4) is 0 Å². The molecule has 3 rings (SSSR count). The lowest BCUT2D eigenvalue weighted by molar-refractivity contribution is -0.384. The fourth-order valence-electron chi connectivity index (χ4n) is 2.31. The van der Waals surface area contributed by atoms with Crippen molar-refractivity contribution < 1.29 is 18.5 Å². The van der Waals surface area contributed by atoms with E-state index in [1.807, 2.05) is 0 Å². The number of carbonyl (C=O) groups is 1. The number of carbonyl (C=O) groups excluding carboxylic acids is 1. The number of hydrogen-bond acceptors (Lipinski definition) is 5. The molecule has 0 radical (unpaired) electrons. The number of non-ortho nitro benzene ring substituents is 1. The van der Waals surface area contributed by atoms with Crippen LogP contribution < -0.4 is 5.56 Å². The van der Waals surface area contributed by atoms with Crippen molar-refractivity contribution in [2.24, 2.45) is 0 Å². The second kappa shape index (κ2) is 6.19. The molecule has 0 aliphatic rings. The van der Waals surface area contributed by atoms with Gasteiger partial charge in [0, 0.05) is 23.8 Å². The Kier molecular flexibility index (Phi) is 4.05. The van der Waals surface area contributed by atoms with Gasteiger partial charge in [-0.25, -0.2) is 13.8 Å². The number of hydrogen-bond donors (Lipinski definition) is 1. The predicted molar refractivity (Wildman–Crippen MR) is 83.4 cm³/mol. The maximum Gasteiger partial charge on any atom is 0.270 e. The Morgan fingerprint density at radius 1 is 1.20 bits per heavy atom. The van der Waals surface area contributed by atoms with E-state index in [1.54, 1.807) is 0 Å². The molecule has 1 N–H and O–H groups in total. The molecule has 126 valence electrons. The van der Waals surface area contributed by atoms with Gasteiger partial charge in [0.25, 0.3) is 11.2 Å². The first kappa shape index (κ1) is 16.4. The number of aromatic amines is 1. The number of H-pyrrole nitrogens is 1. The molecular formula is C16H9F2N3O4. The number of ketones is 1. The molecule has 0 aliphatic heterocycles. The van der Waals surface area contributed by atoms with Crippen LogP contribution in [0.15, 0.2) is 41.2 Å². The van der Waals surface area contributed by atoms with Gasteiger partial charge in [0.15, 0.2) is 17.4 Å². The Morgan fingerprint density at radius 2 is 1.92 bits per heavy atom. The third-order valence-electron chi connectivity index (χ3n) is 3.50. The first-order valence-electron chi connectivity index (χ1n) is 7.01. The minimum Gasteiger partial charge on any atom is -0.310 e. The summed E-state index contributed by atoms with van der Waals surface area (Å²) in [5.41, 5.74) is -0.985. The van der Waals surface area contributed by atoms with Gasteiger partial charge in [0.2, 0.25) is 0 Å². The van der Waals surface area contributed by atoms with Crippen LogP contribution in [0.25, 0.3) is 10.9 Å². The van der Waals surface area contributed by atoms with Gasteiger partial charge in [-0.05, 0) is 6.07 Å². The highest BCUT2D eigenvalue weighted by Gasteiger charge is 2.15. The van der Waals surface area contributed by atoms with E-state index in [2.05, 4.69) is 9.97 Å². The molecule has 7 nitrogen and oxygen atoms in total.